The average molecular weight is 284 g/mol. The van der Waals surface area contributed by atoms with Crippen LogP contribution in [0.5, 0.6) is 5.75 Å². The maximum atomic E-state index is 12.6. The van der Waals surface area contributed by atoms with E-state index in [4.69, 9.17) is 4.74 Å². The Bertz CT molecular complexity index is 597. The molecule has 4 nitrogen and oxygen atoms in total. The Morgan fingerprint density at radius 1 is 1.10 bits per heavy atom. The number of nitrogens with one attached hydrogen (secondary N) is 1. The largest absolute Gasteiger partial charge is 0.497 e. The van der Waals surface area contributed by atoms with Gasteiger partial charge in [0.2, 0.25) is 5.91 Å². The molecule has 2 aromatic rings. The Labute approximate surface area is 125 Å². The molecule has 1 atom stereocenters. The zero-order chi connectivity index (χ0) is 15.2. The lowest BCUT2D eigenvalue weighted by molar-refractivity contribution is -0.120. The summed E-state index contributed by atoms with van der Waals surface area (Å²) in [5.74, 6) is 0.647. The summed E-state index contributed by atoms with van der Waals surface area (Å²) in [6.45, 7) is 0. The van der Waals surface area contributed by atoms with Crippen LogP contribution in [0.2, 0.25) is 0 Å². The Morgan fingerprint density at radius 3 is 2.43 bits per heavy atom. The average Bonchev–Trinajstić information content (AvgIpc) is 2.48. The van der Waals surface area contributed by atoms with Crippen LogP contribution in [-0.2, 0) is 4.79 Å². The zero-order valence-electron chi connectivity index (χ0n) is 12.5. The Balaban J connectivity index is 2.19. The normalized spacial score (nSPS) is 12.0. The first kappa shape index (κ1) is 15.1. The summed E-state index contributed by atoms with van der Waals surface area (Å²) in [6, 6.07) is 16.7. The van der Waals surface area contributed by atoms with Crippen LogP contribution in [0.3, 0.4) is 0 Å². The molecule has 1 N–H and O–H groups in total. The van der Waals surface area contributed by atoms with Gasteiger partial charge < -0.3 is 10.1 Å². The highest BCUT2D eigenvalue weighted by Gasteiger charge is 2.22. The van der Waals surface area contributed by atoms with Gasteiger partial charge in [-0.2, -0.15) is 0 Å². The Morgan fingerprint density at radius 2 is 1.81 bits per heavy atom. The fraction of sp³-hybridized carbons (Fsp3) is 0.235. The van der Waals surface area contributed by atoms with Crippen LogP contribution in [0.15, 0.2) is 54.6 Å². The molecular weight excluding hydrogens is 264 g/mol. The van der Waals surface area contributed by atoms with Crippen LogP contribution in [0.25, 0.3) is 0 Å². The van der Waals surface area contributed by atoms with E-state index in [0.717, 1.165) is 11.3 Å². The fourth-order valence-corrected chi connectivity index (χ4v) is 2.23. The van der Waals surface area contributed by atoms with Gasteiger partial charge in [0.15, 0.2) is 0 Å². The number of carbonyl (C=O) groups excluding carboxylic acids is 1. The van der Waals surface area contributed by atoms with E-state index in [-0.39, 0.29) is 11.9 Å². The lowest BCUT2D eigenvalue weighted by Gasteiger charge is -2.23. The predicted molar refractivity (Wildman–Crippen MR) is 84.5 cm³/mol. The molecule has 0 aliphatic rings. The van der Waals surface area contributed by atoms with E-state index in [0.29, 0.717) is 5.75 Å². The van der Waals surface area contributed by atoms with E-state index >= 15 is 0 Å². The highest BCUT2D eigenvalue weighted by atomic mass is 16.5. The van der Waals surface area contributed by atoms with Crippen LogP contribution in [-0.4, -0.2) is 32.0 Å². The van der Waals surface area contributed by atoms with E-state index in [2.05, 4.69) is 5.32 Å². The molecule has 21 heavy (non-hydrogen) atoms. The van der Waals surface area contributed by atoms with E-state index in [9.17, 15) is 4.79 Å². The third kappa shape index (κ3) is 3.83. The highest BCUT2D eigenvalue weighted by Crippen LogP contribution is 2.22. The Kier molecular flexibility index (Phi) is 4.95. The van der Waals surface area contributed by atoms with Gasteiger partial charge in [-0.05, 0) is 31.8 Å². The molecule has 2 rings (SSSR count). The molecule has 2 aromatic carbocycles. The molecule has 0 aliphatic heterocycles. The summed E-state index contributed by atoms with van der Waals surface area (Å²) in [5, 5.41) is 2.94. The van der Waals surface area contributed by atoms with Crippen molar-refractivity contribution in [1.29, 1.82) is 0 Å². The minimum absolute atomic E-state index is 0.0700. The van der Waals surface area contributed by atoms with Gasteiger partial charge in [0.1, 0.15) is 11.8 Å². The molecule has 0 saturated carbocycles. The van der Waals surface area contributed by atoms with Crippen molar-refractivity contribution in [2.45, 2.75) is 6.04 Å². The Hall–Kier alpha value is -2.33. The second-order valence-electron chi connectivity index (χ2n) is 5.00. The maximum absolute atomic E-state index is 12.6. The van der Waals surface area contributed by atoms with Crippen LogP contribution in [0.4, 0.5) is 5.69 Å². The lowest BCUT2D eigenvalue weighted by Crippen LogP contribution is -2.32. The molecule has 0 saturated heterocycles. The third-order valence-corrected chi connectivity index (χ3v) is 3.22. The topological polar surface area (TPSA) is 41.6 Å². The van der Waals surface area contributed by atoms with Crippen molar-refractivity contribution >= 4 is 11.6 Å². The molecule has 0 aliphatic carbocycles. The van der Waals surface area contributed by atoms with E-state index in [1.807, 2.05) is 67.5 Å². The van der Waals surface area contributed by atoms with E-state index in [1.54, 1.807) is 13.2 Å². The smallest absolute Gasteiger partial charge is 0.246 e. The van der Waals surface area contributed by atoms with Crippen molar-refractivity contribution in [3.63, 3.8) is 0 Å². The number of likely N-dealkylation sites (N-methyl/N-ethyl adjacent to an activating group) is 1. The van der Waals surface area contributed by atoms with Gasteiger partial charge in [-0.3, -0.25) is 9.69 Å². The monoisotopic (exact) mass is 284 g/mol. The second kappa shape index (κ2) is 6.90. The van der Waals surface area contributed by atoms with Crippen LogP contribution >= 0.6 is 0 Å². The van der Waals surface area contributed by atoms with E-state index in [1.165, 1.54) is 0 Å². The summed E-state index contributed by atoms with van der Waals surface area (Å²) < 4.78 is 5.17. The third-order valence-electron chi connectivity index (χ3n) is 3.22. The van der Waals surface area contributed by atoms with Gasteiger partial charge >= 0.3 is 0 Å². The van der Waals surface area contributed by atoms with Gasteiger partial charge in [-0.15, -0.1) is 0 Å². The first-order valence-electron chi connectivity index (χ1n) is 6.78. The summed E-state index contributed by atoms with van der Waals surface area (Å²) in [7, 11) is 5.39. The van der Waals surface area contributed by atoms with Crippen molar-refractivity contribution in [3.05, 3.63) is 60.2 Å². The van der Waals surface area contributed by atoms with Crippen LogP contribution < -0.4 is 10.1 Å². The number of benzene rings is 2. The standard InChI is InChI=1S/C17H20N2O2/c1-19(2)16(13-8-5-4-6-9-13)17(20)18-14-10-7-11-15(12-14)21-3/h4-12,16H,1-3H3,(H,18,20)/t16-/m0/s1. The fourth-order valence-electron chi connectivity index (χ4n) is 2.23. The van der Waals surface area contributed by atoms with Crippen LogP contribution in [0.1, 0.15) is 11.6 Å². The predicted octanol–water partition coefficient (Wildman–Crippen LogP) is 2.94. The van der Waals surface area contributed by atoms with Crippen molar-refractivity contribution in [3.8, 4) is 5.75 Å². The summed E-state index contributed by atoms with van der Waals surface area (Å²) in [6.07, 6.45) is 0. The number of amides is 1. The number of carbonyl (C=O) groups is 1. The first-order valence-corrected chi connectivity index (χ1v) is 6.78. The first-order chi connectivity index (χ1) is 10.1. The summed E-state index contributed by atoms with van der Waals surface area (Å²) in [4.78, 5) is 14.5. The molecule has 110 valence electrons. The SMILES string of the molecule is COc1cccc(NC(=O)[C@H](c2ccccc2)N(C)C)c1. The molecule has 0 fully saturated rings. The number of ether oxygens (including phenoxy) is 1. The van der Waals surface area contributed by atoms with Crippen molar-refractivity contribution in [2.75, 3.05) is 26.5 Å². The number of anilines is 1. The molecule has 0 spiro atoms. The molecule has 0 unspecified atom stereocenters. The number of hydrogen-bond donors (Lipinski definition) is 1. The lowest BCUT2D eigenvalue weighted by atomic mass is 10.1. The number of hydrogen-bond acceptors (Lipinski definition) is 3. The number of methoxy groups -OCH3 is 1. The maximum Gasteiger partial charge on any atom is 0.246 e. The molecular formula is C17H20N2O2. The number of rotatable bonds is 5. The summed E-state index contributed by atoms with van der Waals surface area (Å²) >= 11 is 0. The van der Waals surface area contributed by atoms with Crippen molar-refractivity contribution in [2.24, 2.45) is 0 Å². The highest BCUT2D eigenvalue weighted by molar-refractivity contribution is 5.95. The minimum atomic E-state index is -0.336. The quantitative estimate of drug-likeness (QED) is 0.918. The van der Waals surface area contributed by atoms with E-state index < -0.39 is 0 Å². The molecule has 1 amide bonds. The molecule has 4 heteroatoms. The van der Waals surface area contributed by atoms with Crippen molar-refractivity contribution < 1.29 is 9.53 Å². The summed E-state index contributed by atoms with van der Waals surface area (Å²) in [5.41, 5.74) is 1.69. The zero-order valence-corrected chi connectivity index (χ0v) is 12.5. The van der Waals surface area contributed by atoms with Crippen molar-refractivity contribution in [1.82, 2.24) is 4.90 Å². The van der Waals surface area contributed by atoms with Crippen LogP contribution in [0, 0.1) is 0 Å². The van der Waals surface area contributed by atoms with Gasteiger partial charge in [-0.1, -0.05) is 36.4 Å². The van der Waals surface area contributed by atoms with Gasteiger partial charge in [0, 0.05) is 11.8 Å². The molecule has 0 radical (unpaired) electrons. The minimum Gasteiger partial charge on any atom is -0.497 e. The molecule has 0 heterocycles. The number of nitrogens with zero attached hydrogens (tertiary/aromatic N) is 1. The van der Waals surface area contributed by atoms with Gasteiger partial charge in [0.05, 0.1) is 7.11 Å². The molecule has 0 aromatic heterocycles. The van der Waals surface area contributed by atoms with Gasteiger partial charge in [0.25, 0.3) is 0 Å². The molecule has 0 bridgehead atoms. The van der Waals surface area contributed by atoms with Gasteiger partial charge in [-0.25, -0.2) is 0 Å². The second-order valence-corrected chi connectivity index (χ2v) is 5.00.